The summed E-state index contributed by atoms with van der Waals surface area (Å²) in [6.07, 6.45) is -9.33. The third-order valence-electron chi connectivity index (χ3n) is 2.01. The van der Waals surface area contributed by atoms with Crippen LogP contribution in [0.5, 0.6) is 11.5 Å². The molecule has 2 nitrogen and oxygen atoms in total. The second kappa shape index (κ2) is 3.51. The summed E-state index contributed by atoms with van der Waals surface area (Å²) in [6, 6.07) is 4.03. The number of alkyl halides is 5. The van der Waals surface area contributed by atoms with Gasteiger partial charge in [0, 0.05) is 10.9 Å². The van der Waals surface area contributed by atoms with Crippen molar-refractivity contribution in [1.29, 1.82) is 0 Å². The Labute approximate surface area is 96.3 Å². The van der Waals surface area contributed by atoms with Crippen molar-refractivity contribution in [2.75, 3.05) is 0 Å². The number of ether oxygens (including phenoxy) is 2. The first-order valence-corrected chi connectivity index (χ1v) is 5.31. The van der Waals surface area contributed by atoms with Crippen molar-refractivity contribution in [3.05, 3.63) is 23.8 Å². The van der Waals surface area contributed by atoms with E-state index in [2.05, 4.69) is 25.4 Å². The van der Waals surface area contributed by atoms with Crippen LogP contribution < -0.4 is 9.47 Å². The van der Waals surface area contributed by atoms with Crippen LogP contribution in [0, 0.1) is 0 Å². The molecule has 0 bridgehead atoms. The van der Waals surface area contributed by atoms with Gasteiger partial charge in [-0.2, -0.15) is 17.6 Å². The second-order valence-corrected chi connectivity index (χ2v) is 3.68. The molecule has 1 aliphatic rings. The molecular formula is C9H5BrF4O2. The van der Waals surface area contributed by atoms with Gasteiger partial charge in [0.1, 0.15) is 0 Å². The predicted molar refractivity (Wildman–Crippen MR) is 50.2 cm³/mol. The molecule has 0 radical (unpaired) electrons. The highest BCUT2D eigenvalue weighted by Gasteiger charge is 2.66. The number of benzene rings is 1. The summed E-state index contributed by atoms with van der Waals surface area (Å²) in [5.74, 6) is -0.761. The van der Waals surface area contributed by atoms with E-state index < -0.39 is 18.0 Å². The Kier molecular flexibility index (Phi) is 2.52. The van der Waals surface area contributed by atoms with E-state index in [4.69, 9.17) is 0 Å². The molecule has 1 aliphatic heterocycles. The van der Waals surface area contributed by atoms with Crippen molar-refractivity contribution >= 4 is 15.9 Å². The third kappa shape index (κ3) is 1.63. The number of halogens is 5. The molecule has 0 aliphatic carbocycles. The lowest BCUT2D eigenvalue weighted by Crippen LogP contribution is -2.52. The van der Waals surface area contributed by atoms with Crippen LogP contribution in [-0.2, 0) is 5.33 Å². The molecule has 1 heterocycles. The van der Waals surface area contributed by atoms with E-state index in [1.54, 1.807) is 0 Å². The van der Waals surface area contributed by atoms with Gasteiger partial charge in [-0.3, -0.25) is 0 Å². The molecule has 2 rings (SSSR count). The zero-order chi connectivity index (χ0) is 12.0. The van der Waals surface area contributed by atoms with Gasteiger partial charge >= 0.3 is 12.2 Å². The molecule has 0 saturated heterocycles. The maximum atomic E-state index is 12.9. The maximum Gasteiger partial charge on any atom is 0.507 e. The van der Waals surface area contributed by atoms with Crippen molar-refractivity contribution in [3.8, 4) is 11.5 Å². The van der Waals surface area contributed by atoms with Crippen LogP contribution in [0.1, 0.15) is 5.56 Å². The first-order valence-electron chi connectivity index (χ1n) is 4.19. The molecule has 0 amide bonds. The summed E-state index contributed by atoms with van der Waals surface area (Å²) in [4.78, 5) is 0. The number of hydrogen-bond donors (Lipinski definition) is 0. The van der Waals surface area contributed by atoms with Crippen LogP contribution in [0.15, 0.2) is 18.2 Å². The highest BCUT2D eigenvalue weighted by molar-refractivity contribution is 9.08. The summed E-state index contributed by atoms with van der Waals surface area (Å²) in [6.45, 7) is 0. The molecule has 0 saturated carbocycles. The largest absolute Gasteiger partial charge is 0.507 e. The Bertz CT molecular complexity index is 422. The van der Waals surface area contributed by atoms with E-state index in [-0.39, 0.29) is 11.1 Å². The number of fused-ring (bicyclic) bond motifs is 1. The summed E-state index contributed by atoms with van der Waals surface area (Å²) >= 11 is 3.03. The van der Waals surface area contributed by atoms with Crippen molar-refractivity contribution in [1.82, 2.24) is 0 Å². The maximum absolute atomic E-state index is 12.9. The van der Waals surface area contributed by atoms with Gasteiger partial charge in [-0.05, 0) is 6.07 Å². The van der Waals surface area contributed by atoms with Crippen LogP contribution in [0.25, 0.3) is 0 Å². The minimum Gasteiger partial charge on any atom is -0.421 e. The summed E-state index contributed by atoms with van der Waals surface area (Å²) in [7, 11) is 0. The highest BCUT2D eigenvalue weighted by atomic mass is 79.9. The first-order chi connectivity index (χ1) is 7.37. The van der Waals surface area contributed by atoms with E-state index in [1.807, 2.05) is 0 Å². The molecule has 0 fully saturated rings. The molecule has 0 unspecified atom stereocenters. The Morgan fingerprint density at radius 2 is 1.69 bits per heavy atom. The SMILES string of the molecule is FC1(F)Oc2cccc(CBr)c2OC1(F)F. The van der Waals surface area contributed by atoms with Gasteiger partial charge in [0.15, 0.2) is 11.5 Å². The van der Waals surface area contributed by atoms with Crippen LogP contribution in [0.3, 0.4) is 0 Å². The Hall–Kier alpha value is -0.980. The molecule has 0 atom stereocenters. The summed E-state index contributed by atoms with van der Waals surface area (Å²) in [5, 5.41) is 0.196. The van der Waals surface area contributed by atoms with Gasteiger partial charge in [-0.15, -0.1) is 0 Å². The van der Waals surface area contributed by atoms with Gasteiger partial charge < -0.3 is 9.47 Å². The van der Waals surface area contributed by atoms with E-state index in [0.29, 0.717) is 5.56 Å². The third-order valence-corrected chi connectivity index (χ3v) is 2.62. The minimum absolute atomic E-state index is 0.196. The van der Waals surface area contributed by atoms with Crippen LogP contribution >= 0.6 is 15.9 Å². The minimum atomic E-state index is -4.67. The molecule has 7 heteroatoms. The van der Waals surface area contributed by atoms with Gasteiger partial charge in [0.05, 0.1) is 0 Å². The number of para-hydroxylation sites is 1. The number of rotatable bonds is 1. The first kappa shape index (κ1) is 11.5. The van der Waals surface area contributed by atoms with Gasteiger partial charge in [-0.25, -0.2) is 0 Å². The van der Waals surface area contributed by atoms with Gasteiger partial charge in [-0.1, -0.05) is 28.1 Å². The van der Waals surface area contributed by atoms with Crippen LogP contribution in [-0.4, -0.2) is 12.2 Å². The second-order valence-electron chi connectivity index (χ2n) is 3.12. The van der Waals surface area contributed by atoms with E-state index in [0.717, 1.165) is 6.07 Å². The quantitative estimate of drug-likeness (QED) is 0.583. The summed E-state index contributed by atoms with van der Waals surface area (Å²) in [5.41, 5.74) is 0.313. The molecular weight excluding hydrogens is 296 g/mol. The monoisotopic (exact) mass is 300 g/mol. The van der Waals surface area contributed by atoms with E-state index in [9.17, 15) is 17.6 Å². The lowest BCUT2D eigenvalue weighted by Gasteiger charge is -2.32. The molecule has 1 aromatic carbocycles. The molecule has 88 valence electrons. The average molecular weight is 301 g/mol. The molecule has 1 aromatic rings. The fourth-order valence-electron chi connectivity index (χ4n) is 1.25. The topological polar surface area (TPSA) is 18.5 Å². The van der Waals surface area contributed by atoms with Crippen LogP contribution in [0.4, 0.5) is 17.6 Å². The lowest BCUT2D eigenvalue weighted by molar-refractivity contribution is -0.391. The van der Waals surface area contributed by atoms with E-state index in [1.165, 1.54) is 12.1 Å². The molecule has 0 aromatic heterocycles. The normalized spacial score (nSPS) is 20.6. The lowest BCUT2D eigenvalue weighted by atomic mass is 10.2. The Morgan fingerprint density at radius 3 is 2.31 bits per heavy atom. The highest BCUT2D eigenvalue weighted by Crippen LogP contribution is 2.48. The Morgan fingerprint density at radius 1 is 1.06 bits per heavy atom. The van der Waals surface area contributed by atoms with E-state index >= 15 is 0 Å². The average Bonchev–Trinajstić information content (AvgIpc) is 2.18. The zero-order valence-corrected chi connectivity index (χ0v) is 9.23. The predicted octanol–water partition coefficient (Wildman–Crippen LogP) is 3.54. The van der Waals surface area contributed by atoms with Crippen molar-refractivity contribution in [3.63, 3.8) is 0 Å². The fourth-order valence-corrected chi connectivity index (χ4v) is 1.69. The number of hydrogen-bond acceptors (Lipinski definition) is 2. The standard InChI is InChI=1S/C9H5BrF4O2/c10-4-5-2-1-3-6-7(5)16-9(13,14)8(11,12)15-6/h1-3H,4H2. The Balaban J connectivity index is 2.51. The fraction of sp³-hybridized carbons (Fsp3) is 0.333. The summed E-state index contributed by atoms with van der Waals surface area (Å²) < 4.78 is 59.3. The van der Waals surface area contributed by atoms with Gasteiger partial charge in [0.25, 0.3) is 0 Å². The molecule has 0 N–H and O–H groups in total. The molecule has 16 heavy (non-hydrogen) atoms. The van der Waals surface area contributed by atoms with Crippen molar-refractivity contribution in [2.24, 2.45) is 0 Å². The van der Waals surface area contributed by atoms with Crippen molar-refractivity contribution in [2.45, 2.75) is 17.5 Å². The zero-order valence-electron chi connectivity index (χ0n) is 7.65. The van der Waals surface area contributed by atoms with Gasteiger partial charge in [0.2, 0.25) is 0 Å². The smallest absolute Gasteiger partial charge is 0.421 e. The molecule has 0 spiro atoms. The van der Waals surface area contributed by atoms with Crippen molar-refractivity contribution < 1.29 is 27.0 Å². The van der Waals surface area contributed by atoms with Crippen LogP contribution in [0.2, 0.25) is 0 Å².